The number of nitrogens with two attached hydrogens (primary N) is 1. The standard InChI is InChI=1S/C11H12N4O2/c12-6-5-10(16)14-9-3-1-8(2-4-9)11-15-13-7-17-11/h1-4,7H,5-6,12H2,(H,14,16). The maximum Gasteiger partial charge on any atom is 0.247 e. The molecule has 3 N–H and O–H groups in total. The van der Waals surface area contributed by atoms with Gasteiger partial charge in [0.2, 0.25) is 18.2 Å². The van der Waals surface area contributed by atoms with Gasteiger partial charge in [-0.2, -0.15) is 0 Å². The molecule has 17 heavy (non-hydrogen) atoms. The van der Waals surface area contributed by atoms with E-state index in [2.05, 4.69) is 15.5 Å². The Morgan fingerprint density at radius 2 is 2.12 bits per heavy atom. The number of amides is 1. The maximum absolute atomic E-state index is 11.3. The second-order valence-corrected chi connectivity index (χ2v) is 3.41. The lowest BCUT2D eigenvalue weighted by Gasteiger charge is -2.04. The van der Waals surface area contributed by atoms with Gasteiger partial charge in [0.05, 0.1) is 0 Å². The SMILES string of the molecule is NCCC(=O)Nc1ccc(-c2nnco2)cc1. The van der Waals surface area contributed by atoms with Gasteiger partial charge < -0.3 is 15.5 Å². The highest BCUT2D eigenvalue weighted by atomic mass is 16.4. The second kappa shape index (κ2) is 5.22. The van der Waals surface area contributed by atoms with E-state index in [0.717, 1.165) is 5.56 Å². The molecule has 6 nitrogen and oxygen atoms in total. The van der Waals surface area contributed by atoms with Crippen molar-refractivity contribution >= 4 is 11.6 Å². The molecule has 0 fully saturated rings. The van der Waals surface area contributed by atoms with Crippen LogP contribution in [0.1, 0.15) is 6.42 Å². The average molecular weight is 232 g/mol. The number of rotatable bonds is 4. The molecule has 1 aromatic carbocycles. The van der Waals surface area contributed by atoms with Crippen LogP contribution < -0.4 is 11.1 Å². The van der Waals surface area contributed by atoms with E-state index in [1.165, 1.54) is 6.39 Å². The summed E-state index contributed by atoms with van der Waals surface area (Å²) in [7, 11) is 0. The summed E-state index contributed by atoms with van der Waals surface area (Å²) in [4.78, 5) is 11.3. The molecule has 0 aliphatic carbocycles. The van der Waals surface area contributed by atoms with Crippen LogP contribution in [-0.2, 0) is 4.79 Å². The zero-order chi connectivity index (χ0) is 12.1. The van der Waals surface area contributed by atoms with Crippen molar-refractivity contribution in [2.45, 2.75) is 6.42 Å². The summed E-state index contributed by atoms with van der Waals surface area (Å²) in [6, 6.07) is 7.14. The highest BCUT2D eigenvalue weighted by molar-refractivity contribution is 5.91. The van der Waals surface area contributed by atoms with Crippen molar-refractivity contribution in [3.8, 4) is 11.5 Å². The Hall–Kier alpha value is -2.21. The molecule has 0 spiro atoms. The second-order valence-electron chi connectivity index (χ2n) is 3.41. The minimum Gasteiger partial charge on any atom is -0.423 e. The first kappa shape index (κ1) is 11.3. The van der Waals surface area contributed by atoms with E-state index in [4.69, 9.17) is 10.2 Å². The quantitative estimate of drug-likeness (QED) is 0.820. The van der Waals surface area contributed by atoms with E-state index in [9.17, 15) is 4.79 Å². The van der Waals surface area contributed by atoms with Crippen molar-refractivity contribution in [2.75, 3.05) is 11.9 Å². The highest BCUT2D eigenvalue weighted by Gasteiger charge is 2.04. The minimum absolute atomic E-state index is 0.0990. The monoisotopic (exact) mass is 232 g/mol. The van der Waals surface area contributed by atoms with Crippen LogP contribution in [0.2, 0.25) is 0 Å². The van der Waals surface area contributed by atoms with Crippen LogP contribution in [-0.4, -0.2) is 22.6 Å². The fourth-order valence-corrected chi connectivity index (χ4v) is 1.35. The summed E-state index contributed by atoms with van der Waals surface area (Å²) in [6.07, 6.45) is 1.58. The molecule has 6 heteroatoms. The van der Waals surface area contributed by atoms with E-state index in [0.29, 0.717) is 24.5 Å². The zero-order valence-corrected chi connectivity index (χ0v) is 9.09. The number of hydrogen-bond acceptors (Lipinski definition) is 5. The molecule has 1 amide bonds. The van der Waals surface area contributed by atoms with Gasteiger partial charge in [-0.15, -0.1) is 10.2 Å². The van der Waals surface area contributed by atoms with Crippen LogP contribution in [0.4, 0.5) is 5.69 Å². The molecule has 0 bridgehead atoms. The summed E-state index contributed by atoms with van der Waals surface area (Å²) < 4.78 is 5.05. The number of anilines is 1. The topological polar surface area (TPSA) is 94.0 Å². The van der Waals surface area contributed by atoms with Crippen molar-refractivity contribution < 1.29 is 9.21 Å². The smallest absolute Gasteiger partial charge is 0.247 e. The van der Waals surface area contributed by atoms with Gasteiger partial charge in [-0.3, -0.25) is 4.79 Å². The lowest BCUT2D eigenvalue weighted by molar-refractivity contribution is -0.116. The van der Waals surface area contributed by atoms with E-state index >= 15 is 0 Å². The first-order chi connectivity index (χ1) is 8.29. The summed E-state index contributed by atoms with van der Waals surface area (Å²) in [6.45, 7) is 0.339. The Balaban J connectivity index is 2.06. The van der Waals surface area contributed by atoms with Crippen LogP contribution in [0.5, 0.6) is 0 Å². The van der Waals surface area contributed by atoms with Crippen LogP contribution >= 0.6 is 0 Å². The molecule has 0 aliphatic rings. The van der Waals surface area contributed by atoms with Gasteiger partial charge in [0.1, 0.15) is 0 Å². The van der Waals surface area contributed by atoms with Gasteiger partial charge in [0.25, 0.3) is 0 Å². The Labute approximate surface area is 97.8 Å². The molecule has 0 aliphatic heterocycles. The third kappa shape index (κ3) is 2.88. The molecule has 2 aromatic rings. The predicted molar refractivity (Wildman–Crippen MR) is 62.0 cm³/mol. The highest BCUT2D eigenvalue weighted by Crippen LogP contribution is 2.18. The largest absolute Gasteiger partial charge is 0.423 e. The molecule has 0 atom stereocenters. The van der Waals surface area contributed by atoms with Gasteiger partial charge in [-0.05, 0) is 24.3 Å². The fraction of sp³-hybridized carbons (Fsp3) is 0.182. The Bertz CT molecular complexity index is 479. The Morgan fingerprint density at radius 3 is 2.71 bits per heavy atom. The number of benzene rings is 1. The summed E-state index contributed by atoms with van der Waals surface area (Å²) in [5.41, 5.74) is 6.80. The van der Waals surface area contributed by atoms with Crippen molar-refractivity contribution in [1.29, 1.82) is 0 Å². The van der Waals surface area contributed by atoms with Gasteiger partial charge in [-0.1, -0.05) is 0 Å². The van der Waals surface area contributed by atoms with Crippen molar-refractivity contribution in [3.63, 3.8) is 0 Å². The van der Waals surface area contributed by atoms with Gasteiger partial charge in [-0.25, -0.2) is 0 Å². The van der Waals surface area contributed by atoms with E-state index in [-0.39, 0.29) is 5.91 Å². The van der Waals surface area contributed by atoms with E-state index in [1.54, 1.807) is 24.3 Å². The molecule has 2 rings (SSSR count). The van der Waals surface area contributed by atoms with Gasteiger partial charge >= 0.3 is 0 Å². The minimum atomic E-state index is -0.0990. The van der Waals surface area contributed by atoms with E-state index < -0.39 is 0 Å². The number of carbonyl (C=O) groups excluding carboxylic acids is 1. The Morgan fingerprint density at radius 1 is 1.35 bits per heavy atom. The number of nitrogens with zero attached hydrogens (tertiary/aromatic N) is 2. The van der Waals surface area contributed by atoms with Gasteiger partial charge in [0.15, 0.2) is 0 Å². The molecule has 1 heterocycles. The molecule has 88 valence electrons. The average Bonchev–Trinajstić information content (AvgIpc) is 2.84. The lowest BCUT2D eigenvalue weighted by atomic mass is 10.2. The zero-order valence-electron chi connectivity index (χ0n) is 9.09. The van der Waals surface area contributed by atoms with Crippen molar-refractivity contribution in [1.82, 2.24) is 10.2 Å². The molecule has 0 radical (unpaired) electrons. The number of aromatic nitrogens is 2. The summed E-state index contributed by atoms with van der Waals surface area (Å²) in [5, 5.41) is 10.1. The lowest BCUT2D eigenvalue weighted by Crippen LogP contribution is -2.15. The molecule has 0 saturated heterocycles. The number of nitrogens with one attached hydrogen (secondary N) is 1. The predicted octanol–water partition coefficient (Wildman–Crippen LogP) is 1.02. The maximum atomic E-state index is 11.3. The first-order valence-corrected chi connectivity index (χ1v) is 5.16. The fourth-order valence-electron chi connectivity index (χ4n) is 1.35. The van der Waals surface area contributed by atoms with Crippen molar-refractivity contribution in [3.05, 3.63) is 30.7 Å². The number of hydrogen-bond donors (Lipinski definition) is 2. The third-order valence-corrected chi connectivity index (χ3v) is 2.15. The molecule has 0 saturated carbocycles. The molecular formula is C11H12N4O2. The molecule has 1 aromatic heterocycles. The van der Waals surface area contributed by atoms with E-state index in [1.807, 2.05) is 0 Å². The Kier molecular flexibility index (Phi) is 3.46. The normalized spacial score (nSPS) is 10.2. The first-order valence-electron chi connectivity index (χ1n) is 5.16. The molecule has 0 unspecified atom stereocenters. The van der Waals surface area contributed by atoms with Crippen LogP contribution in [0.3, 0.4) is 0 Å². The van der Waals surface area contributed by atoms with Crippen molar-refractivity contribution in [2.24, 2.45) is 5.73 Å². The van der Waals surface area contributed by atoms with Crippen LogP contribution in [0.25, 0.3) is 11.5 Å². The third-order valence-electron chi connectivity index (χ3n) is 2.15. The van der Waals surface area contributed by atoms with Gasteiger partial charge in [0, 0.05) is 24.2 Å². The van der Waals surface area contributed by atoms with Crippen LogP contribution in [0, 0.1) is 0 Å². The number of carbonyl (C=O) groups is 1. The summed E-state index contributed by atoms with van der Waals surface area (Å²) in [5.74, 6) is 0.350. The van der Waals surface area contributed by atoms with Crippen LogP contribution in [0.15, 0.2) is 35.1 Å². The summed E-state index contributed by atoms with van der Waals surface area (Å²) >= 11 is 0. The molecular weight excluding hydrogens is 220 g/mol.